The van der Waals surface area contributed by atoms with Gasteiger partial charge in [-0.1, -0.05) is 23.2 Å². The molecule has 24 heavy (non-hydrogen) atoms. The van der Waals surface area contributed by atoms with Crippen LogP contribution >= 0.6 is 23.2 Å². The molecule has 5 nitrogen and oxygen atoms in total. The zero-order chi connectivity index (χ0) is 17.9. The minimum absolute atomic E-state index is 0.169. The minimum atomic E-state index is -0.289. The number of methoxy groups -OCH3 is 2. The van der Waals surface area contributed by atoms with E-state index in [1.54, 1.807) is 14.2 Å². The molecule has 0 bridgehead atoms. The van der Waals surface area contributed by atoms with Crippen LogP contribution in [0.25, 0.3) is 0 Å². The second-order valence-electron chi connectivity index (χ2n) is 5.26. The van der Waals surface area contributed by atoms with E-state index in [9.17, 15) is 4.79 Å². The van der Waals surface area contributed by atoms with Crippen molar-refractivity contribution in [2.75, 3.05) is 14.2 Å². The van der Waals surface area contributed by atoms with Crippen LogP contribution in [0.5, 0.6) is 11.5 Å². The van der Waals surface area contributed by atoms with Crippen molar-refractivity contribution in [1.82, 2.24) is 10.3 Å². The SMILES string of the molecule is COc1cc(C)c(C(C)NC(=O)c2cc(Cl)nc(Cl)c2)cc1OC. The van der Waals surface area contributed by atoms with Gasteiger partial charge in [0.2, 0.25) is 0 Å². The molecule has 0 aliphatic heterocycles. The maximum absolute atomic E-state index is 12.4. The van der Waals surface area contributed by atoms with Crippen molar-refractivity contribution < 1.29 is 14.3 Å². The average molecular weight is 369 g/mol. The Morgan fingerprint density at radius 2 is 1.62 bits per heavy atom. The summed E-state index contributed by atoms with van der Waals surface area (Å²) in [4.78, 5) is 16.2. The van der Waals surface area contributed by atoms with Gasteiger partial charge in [-0.15, -0.1) is 0 Å². The molecule has 1 heterocycles. The molecule has 1 unspecified atom stereocenters. The molecule has 0 spiro atoms. The Labute approximate surface area is 150 Å². The maximum atomic E-state index is 12.4. The first-order valence-electron chi connectivity index (χ1n) is 7.22. The summed E-state index contributed by atoms with van der Waals surface area (Å²) in [5.41, 5.74) is 2.25. The molecule has 0 saturated carbocycles. The maximum Gasteiger partial charge on any atom is 0.251 e. The number of hydrogen-bond donors (Lipinski definition) is 1. The number of amides is 1. The molecule has 128 valence electrons. The van der Waals surface area contributed by atoms with Crippen LogP contribution in [0.4, 0.5) is 0 Å². The third kappa shape index (κ3) is 4.10. The van der Waals surface area contributed by atoms with Crippen molar-refractivity contribution in [2.45, 2.75) is 19.9 Å². The first kappa shape index (κ1) is 18.4. The number of benzene rings is 1. The van der Waals surface area contributed by atoms with Gasteiger partial charge in [-0.05, 0) is 49.2 Å². The Bertz CT molecular complexity index is 745. The van der Waals surface area contributed by atoms with Crippen LogP contribution in [0.1, 0.15) is 34.5 Å². The summed E-state index contributed by atoms with van der Waals surface area (Å²) in [6.07, 6.45) is 0. The van der Waals surface area contributed by atoms with Gasteiger partial charge in [0.1, 0.15) is 10.3 Å². The smallest absolute Gasteiger partial charge is 0.251 e. The molecule has 0 aliphatic rings. The second-order valence-corrected chi connectivity index (χ2v) is 6.03. The van der Waals surface area contributed by atoms with Gasteiger partial charge in [0.15, 0.2) is 11.5 Å². The number of pyridine rings is 1. The van der Waals surface area contributed by atoms with Crippen LogP contribution < -0.4 is 14.8 Å². The normalized spacial score (nSPS) is 11.8. The number of aryl methyl sites for hydroxylation is 1. The van der Waals surface area contributed by atoms with Crippen molar-refractivity contribution in [2.24, 2.45) is 0 Å². The summed E-state index contributed by atoms with van der Waals surface area (Å²) >= 11 is 11.7. The molecule has 2 rings (SSSR count). The fourth-order valence-electron chi connectivity index (χ4n) is 2.42. The van der Waals surface area contributed by atoms with Gasteiger partial charge in [0.05, 0.1) is 20.3 Å². The lowest BCUT2D eigenvalue weighted by Gasteiger charge is -2.19. The fraction of sp³-hybridized carbons (Fsp3) is 0.294. The Morgan fingerprint density at radius 1 is 1.08 bits per heavy atom. The first-order chi connectivity index (χ1) is 11.3. The van der Waals surface area contributed by atoms with E-state index in [2.05, 4.69) is 10.3 Å². The van der Waals surface area contributed by atoms with Gasteiger partial charge in [0.25, 0.3) is 5.91 Å². The molecular weight excluding hydrogens is 351 g/mol. The first-order valence-corrected chi connectivity index (χ1v) is 7.97. The van der Waals surface area contributed by atoms with Crippen LogP contribution in [0.15, 0.2) is 24.3 Å². The molecule has 1 atom stereocenters. The Morgan fingerprint density at radius 3 is 2.17 bits per heavy atom. The summed E-state index contributed by atoms with van der Waals surface area (Å²) in [6.45, 7) is 3.83. The number of halogens is 2. The lowest BCUT2D eigenvalue weighted by atomic mass is 10.0. The molecule has 0 fully saturated rings. The summed E-state index contributed by atoms with van der Waals surface area (Å²) in [5, 5.41) is 3.25. The summed E-state index contributed by atoms with van der Waals surface area (Å²) in [5.74, 6) is 0.960. The van der Waals surface area contributed by atoms with E-state index in [1.165, 1.54) is 12.1 Å². The van der Waals surface area contributed by atoms with E-state index < -0.39 is 0 Å². The number of ether oxygens (including phenoxy) is 2. The number of rotatable bonds is 5. The summed E-state index contributed by atoms with van der Waals surface area (Å²) in [6, 6.07) is 6.42. The second kappa shape index (κ2) is 7.73. The van der Waals surface area contributed by atoms with Crippen LogP contribution in [0, 0.1) is 6.92 Å². The third-order valence-electron chi connectivity index (χ3n) is 3.61. The Hall–Kier alpha value is -1.98. The Balaban J connectivity index is 2.26. The molecule has 0 radical (unpaired) electrons. The molecule has 1 aromatic carbocycles. The predicted molar refractivity (Wildman–Crippen MR) is 94.4 cm³/mol. The highest BCUT2D eigenvalue weighted by atomic mass is 35.5. The van der Waals surface area contributed by atoms with Gasteiger partial charge in [0, 0.05) is 5.56 Å². The summed E-state index contributed by atoms with van der Waals surface area (Å²) < 4.78 is 10.6. The van der Waals surface area contributed by atoms with Gasteiger partial charge in [-0.3, -0.25) is 4.79 Å². The van der Waals surface area contributed by atoms with E-state index in [0.717, 1.165) is 11.1 Å². The van der Waals surface area contributed by atoms with Crippen LogP contribution in [-0.2, 0) is 0 Å². The molecule has 7 heteroatoms. The van der Waals surface area contributed by atoms with Gasteiger partial charge < -0.3 is 14.8 Å². The molecule has 0 aliphatic carbocycles. The van der Waals surface area contributed by atoms with Gasteiger partial charge in [-0.2, -0.15) is 0 Å². The molecule has 2 aromatic rings. The summed E-state index contributed by atoms with van der Waals surface area (Å²) in [7, 11) is 3.15. The van der Waals surface area contributed by atoms with E-state index >= 15 is 0 Å². The van der Waals surface area contributed by atoms with E-state index in [0.29, 0.717) is 17.1 Å². The van der Waals surface area contributed by atoms with Gasteiger partial charge >= 0.3 is 0 Å². The highest BCUT2D eigenvalue weighted by Crippen LogP contribution is 2.33. The number of nitrogens with one attached hydrogen (secondary N) is 1. The van der Waals surface area contributed by atoms with Crippen molar-refractivity contribution >= 4 is 29.1 Å². The van der Waals surface area contributed by atoms with Crippen LogP contribution in [0.3, 0.4) is 0 Å². The zero-order valence-corrected chi connectivity index (χ0v) is 15.3. The highest BCUT2D eigenvalue weighted by Gasteiger charge is 2.17. The number of carbonyl (C=O) groups excluding carboxylic acids is 1. The average Bonchev–Trinajstić information content (AvgIpc) is 2.53. The van der Waals surface area contributed by atoms with Crippen molar-refractivity contribution in [3.8, 4) is 11.5 Å². The molecule has 1 aromatic heterocycles. The molecule has 1 N–H and O–H groups in total. The standard InChI is InChI=1S/C17H18Cl2N2O3/c1-9-5-13(23-3)14(24-4)8-12(9)10(2)20-17(22)11-6-15(18)21-16(19)7-11/h5-8,10H,1-4H3,(H,20,22). The largest absolute Gasteiger partial charge is 0.493 e. The van der Waals surface area contributed by atoms with Crippen LogP contribution in [0.2, 0.25) is 10.3 Å². The van der Waals surface area contributed by atoms with Crippen LogP contribution in [-0.4, -0.2) is 25.1 Å². The Kier molecular flexibility index (Phi) is 5.91. The zero-order valence-electron chi connectivity index (χ0n) is 13.8. The van der Waals surface area contributed by atoms with Gasteiger partial charge in [-0.25, -0.2) is 4.98 Å². The third-order valence-corrected chi connectivity index (χ3v) is 4.00. The lowest BCUT2D eigenvalue weighted by molar-refractivity contribution is 0.0939. The van der Waals surface area contributed by atoms with E-state index in [-0.39, 0.29) is 22.3 Å². The number of nitrogens with zero attached hydrogens (tertiary/aromatic N) is 1. The quantitative estimate of drug-likeness (QED) is 0.803. The molecule has 1 amide bonds. The highest BCUT2D eigenvalue weighted by molar-refractivity contribution is 6.33. The number of aromatic nitrogens is 1. The van der Waals surface area contributed by atoms with Crippen molar-refractivity contribution in [3.63, 3.8) is 0 Å². The molecular formula is C17H18Cl2N2O3. The predicted octanol–water partition coefficient (Wildman–Crippen LogP) is 4.21. The topological polar surface area (TPSA) is 60.5 Å². The van der Waals surface area contributed by atoms with E-state index in [1.807, 2.05) is 26.0 Å². The number of carbonyl (C=O) groups is 1. The number of hydrogen-bond acceptors (Lipinski definition) is 4. The fourth-order valence-corrected chi connectivity index (χ4v) is 2.88. The van der Waals surface area contributed by atoms with Crippen molar-refractivity contribution in [1.29, 1.82) is 0 Å². The molecule has 0 saturated heterocycles. The lowest BCUT2D eigenvalue weighted by Crippen LogP contribution is -2.27. The van der Waals surface area contributed by atoms with Crippen molar-refractivity contribution in [3.05, 3.63) is 51.3 Å². The monoisotopic (exact) mass is 368 g/mol. The van der Waals surface area contributed by atoms with E-state index in [4.69, 9.17) is 32.7 Å². The minimum Gasteiger partial charge on any atom is -0.493 e.